The van der Waals surface area contributed by atoms with Crippen LogP contribution in [-0.4, -0.2) is 23.0 Å². The summed E-state index contributed by atoms with van der Waals surface area (Å²) in [6.07, 6.45) is 2.64. The zero-order valence-corrected chi connectivity index (χ0v) is 11.7. The minimum absolute atomic E-state index is 0.787. The van der Waals surface area contributed by atoms with Crippen LogP contribution < -0.4 is 11.1 Å². The Kier molecular flexibility index (Phi) is 3.78. The van der Waals surface area contributed by atoms with Gasteiger partial charge in [-0.05, 0) is 60.6 Å². The number of pyridine rings is 1. The fourth-order valence-electron chi connectivity index (χ4n) is 2.44. The second-order valence-electron chi connectivity index (χ2n) is 5.09. The van der Waals surface area contributed by atoms with Crippen LogP contribution in [0.1, 0.15) is 12.8 Å². The number of nitrogens with zero attached hydrogens (tertiary/aromatic N) is 1. The van der Waals surface area contributed by atoms with E-state index in [1.165, 1.54) is 24.3 Å². The SMILES string of the molecule is Nc1ccc2nc(NCC3CCSCC3)ccc2c1. The highest BCUT2D eigenvalue weighted by Gasteiger charge is 2.13. The van der Waals surface area contributed by atoms with Gasteiger partial charge in [-0.2, -0.15) is 11.8 Å². The van der Waals surface area contributed by atoms with E-state index in [0.29, 0.717) is 0 Å². The lowest BCUT2D eigenvalue weighted by molar-refractivity contribution is 0.515. The first kappa shape index (κ1) is 12.6. The highest BCUT2D eigenvalue weighted by molar-refractivity contribution is 7.99. The monoisotopic (exact) mass is 273 g/mol. The molecule has 19 heavy (non-hydrogen) atoms. The first-order valence-electron chi connectivity index (χ1n) is 6.79. The largest absolute Gasteiger partial charge is 0.399 e. The van der Waals surface area contributed by atoms with Crippen LogP contribution in [0.4, 0.5) is 11.5 Å². The molecule has 0 radical (unpaired) electrons. The number of thioether (sulfide) groups is 1. The number of hydrogen-bond donors (Lipinski definition) is 2. The summed E-state index contributed by atoms with van der Waals surface area (Å²) in [5, 5.41) is 4.57. The van der Waals surface area contributed by atoms with Crippen molar-refractivity contribution >= 4 is 34.2 Å². The van der Waals surface area contributed by atoms with E-state index in [-0.39, 0.29) is 0 Å². The van der Waals surface area contributed by atoms with Crippen LogP contribution >= 0.6 is 11.8 Å². The Bertz CT molecular complexity index is 564. The van der Waals surface area contributed by atoms with Crippen molar-refractivity contribution in [2.45, 2.75) is 12.8 Å². The van der Waals surface area contributed by atoms with E-state index >= 15 is 0 Å². The molecule has 1 aromatic carbocycles. The van der Waals surface area contributed by atoms with Gasteiger partial charge in [0.1, 0.15) is 5.82 Å². The predicted molar refractivity (Wildman–Crippen MR) is 84.7 cm³/mol. The summed E-state index contributed by atoms with van der Waals surface area (Å²) >= 11 is 2.07. The number of hydrogen-bond acceptors (Lipinski definition) is 4. The Labute approximate surface area is 118 Å². The van der Waals surface area contributed by atoms with Crippen molar-refractivity contribution in [1.82, 2.24) is 4.98 Å². The van der Waals surface area contributed by atoms with Crippen molar-refractivity contribution in [3.05, 3.63) is 30.3 Å². The van der Waals surface area contributed by atoms with Gasteiger partial charge in [-0.1, -0.05) is 0 Å². The summed E-state index contributed by atoms with van der Waals surface area (Å²) in [4.78, 5) is 4.63. The average Bonchev–Trinajstić information content (AvgIpc) is 2.46. The molecule has 0 amide bonds. The van der Waals surface area contributed by atoms with Crippen LogP contribution in [0.3, 0.4) is 0 Å². The van der Waals surface area contributed by atoms with Crippen molar-refractivity contribution in [2.24, 2.45) is 5.92 Å². The third-order valence-corrected chi connectivity index (χ3v) is 4.67. The van der Waals surface area contributed by atoms with Crippen LogP contribution in [0, 0.1) is 5.92 Å². The highest BCUT2D eigenvalue weighted by atomic mass is 32.2. The fourth-order valence-corrected chi connectivity index (χ4v) is 3.65. The van der Waals surface area contributed by atoms with Gasteiger partial charge in [0, 0.05) is 17.6 Å². The lowest BCUT2D eigenvalue weighted by Gasteiger charge is -2.21. The van der Waals surface area contributed by atoms with Crippen molar-refractivity contribution in [1.29, 1.82) is 0 Å². The Balaban J connectivity index is 1.69. The zero-order valence-electron chi connectivity index (χ0n) is 10.9. The molecule has 2 aromatic rings. The molecule has 100 valence electrons. The van der Waals surface area contributed by atoms with Gasteiger partial charge in [-0.15, -0.1) is 0 Å². The molecule has 4 heteroatoms. The minimum atomic E-state index is 0.787. The molecule has 1 aliphatic rings. The first-order chi connectivity index (χ1) is 9.31. The topological polar surface area (TPSA) is 50.9 Å². The lowest BCUT2D eigenvalue weighted by Crippen LogP contribution is -2.19. The molecule has 3 N–H and O–H groups in total. The standard InChI is InChI=1S/C15H19N3S/c16-13-2-3-14-12(9-13)1-4-15(18-14)17-10-11-5-7-19-8-6-11/h1-4,9,11H,5-8,10,16H2,(H,17,18). The third kappa shape index (κ3) is 3.13. The van der Waals surface area contributed by atoms with Gasteiger partial charge in [-0.3, -0.25) is 0 Å². The molecule has 1 aliphatic heterocycles. The molecule has 1 aromatic heterocycles. The molecule has 2 heterocycles. The number of fused-ring (bicyclic) bond motifs is 1. The van der Waals surface area contributed by atoms with Gasteiger partial charge in [0.05, 0.1) is 5.52 Å². The van der Waals surface area contributed by atoms with Crippen molar-refractivity contribution in [2.75, 3.05) is 29.1 Å². The summed E-state index contributed by atoms with van der Waals surface area (Å²) in [5.74, 6) is 4.37. The molecule has 0 spiro atoms. The summed E-state index contributed by atoms with van der Waals surface area (Å²) in [5.41, 5.74) is 7.56. The molecular formula is C15H19N3S. The zero-order chi connectivity index (χ0) is 13.1. The highest BCUT2D eigenvalue weighted by Crippen LogP contribution is 2.23. The maximum atomic E-state index is 5.77. The predicted octanol–water partition coefficient (Wildman–Crippen LogP) is 3.37. The van der Waals surface area contributed by atoms with Crippen molar-refractivity contribution in [3.8, 4) is 0 Å². The van der Waals surface area contributed by atoms with E-state index in [1.54, 1.807) is 0 Å². The molecule has 3 rings (SSSR count). The van der Waals surface area contributed by atoms with E-state index in [2.05, 4.69) is 28.1 Å². The van der Waals surface area contributed by atoms with Crippen LogP contribution in [0.5, 0.6) is 0 Å². The fraction of sp³-hybridized carbons (Fsp3) is 0.400. The normalized spacial score (nSPS) is 16.6. The average molecular weight is 273 g/mol. The lowest BCUT2D eigenvalue weighted by atomic mass is 10.0. The van der Waals surface area contributed by atoms with Gasteiger partial charge in [-0.25, -0.2) is 4.98 Å². The first-order valence-corrected chi connectivity index (χ1v) is 7.94. The molecule has 0 unspecified atom stereocenters. The van der Waals surface area contributed by atoms with E-state index in [9.17, 15) is 0 Å². The number of nitrogens with two attached hydrogens (primary N) is 1. The maximum absolute atomic E-state index is 5.77. The third-order valence-electron chi connectivity index (χ3n) is 3.63. The smallest absolute Gasteiger partial charge is 0.126 e. The number of anilines is 2. The molecular weight excluding hydrogens is 254 g/mol. The summed E-state index contributed by atoms with van der Waals surface area (Å²) in [6, 6.07) is 9.96. The second-order valence-corrected chi connectivity index (χ2v) is 6.31. The number of benzene rings is 1. The Morgan fingerprint density at radius 3 is 2.89 bits per heavy atom. The summed E-state index contributed by atoms with van der Waals surface area (Å²) < 4.78 is 0. The van der Waals surface area contributed by atoms with Crippen molar-refractivity contribution < 1.29 is 0 Å². The molecule has 3 nitrogen and oxygen atoms in total. The van der Waals surface area contributed by atoms with E-state index in [0.717, 1.165) is 34.9 Å². The van der Waals surface area contributed by atoms with Gasteiger partial charge < -0.3 is 11.1 Å². The van der Waals surface area contributed by atoms with Gasteiger partial charge in [0.25, 0.3) is 0 Å². The van der Waals surface area contributed by atoms with Gasteiger partial charge >= 0.3 is 0 Å². The second kappa shape index (κ2) is 5.70. The number of nitrogens with one attached hydrogen (secondary N) is 1. The van der Waals surface area contributed by atoms with Crippen molar-refractivity contribution in [3.63, 3.8) is 0 Å². The van der Waals surface area contributed by atoms with Gasteiger partial charge in [0.2, 0.25) is 0 Å². The quantitative estimate of drug-likeness (QED) is 0.842. The Morgan fingerprint density at radius 2 is 2.05 bits per heavy atom. The molecule has 0 atom stereocenters. The molecule has 1 fully saturated rings. The molecule has 0 aliphatic carbocycles. The summed E-state index contributed by atoms with van der Waals surface area (Å²) in [7, 11) is 0. The molecule has 0 saturated carbocycles. The van der Waals surface area contributed by atoms with E-state index < -0.39 is 0 Å². The van der Waals surface area contributed by atoms with Crippen LogP contribution in [0.15, 0.2) is 30.3 Å². The van der Waals surface area contributed by atoms with E-state index in [4.69, 9.17) is 5.73 Å². The van der Waals surface area contributed by atoms with Gasteiger partial charge in [0.15, 0.2) is 0 Å². The number of nitrogen functional groups attached to an aromatic ring is 1. The molecule has 0 bridgehead atoms. The minimum Gasteiger partial charge on any atom is -0.399 e. The molecule has 1 saturated heterocycles. The van der Waals surface area contributed by atoms with Crippen LogP contribution in [0.2, 0.25) is 0 Å². The summed E-state index contributed by atoms with van der Waals surface area (Å²) in [6.45, 7) is 1.04. The Hall–Kier alpha value is -1.42. The van der Waals surface area contributed by atoms with Crippen LogP contribution in [-0.2, 0) is 0 Å². The number of rotatable bonds is 3. The van der Waals surface area contributed by atoms with Crippen LogP contribution in [0.25, 0.3) is 10.9 Å². The maximum Gasteiger partial charge on any atom is 0.126 e. The number of aromatic nitrogens is 1. The van der Waals surface area contributed by atoms with E-state index in [1.807, 2.05) is 24.3 Å². The Morgan fingerprint density at radius 1 is 1.21 bits per heavy atom.